The topological polar surface area (TPSA) is 32.3 Å². The Kier molecular flexibility index (Phi) is 6.64. The summed E-state index contributed by atoms with van der Waals surface area (Å²) in [4.78, 5) is 14.8. The lowest BCUT2D eigenvalue weighted by molar-refractivity contribution is 0.0903. The van der Waals surface area contributed by atoms with Crippen molar-refractivity contribution in [2.24, 2.45) is 0 Å². The normalized spacial score (nSPS) is 17.8. The van der Waals surface area contributed by atoms with Crippen LogP contribution < -0.4 is 5.32 Å². The van der Waals surface area contributed by atoms with Crippen molar-refractivity contribution >= 4 is 17.5 Å². The molecule has 1 aliphatic heterocycles. The van der Waals surface area contributed by atoms with E-state index in [4.69, 9.17) is 11.6 Å². The maximum atomic E-state index is 13.1. The summed E-state index contributed by atoms with van der Waals surface area (Å²) in [5.41, 5.74) is 1.69. The molecule has 138 valence electrons. The fraction of sp³-hybridized carbons (Fsp3) is 0.381. The van der Waals surface area contributed by atoms with Crippen molar-refractivity contribution in [3.63, 3.8) is 0 Å². The van der Waals surface area contributed by atoms with Gasteiger partial charge in [0.05, 0.1) is 10.6 Å². The summed E-state index contributed by atoms with van der Waals surface area (Å²) in [7, 11) is 0. The molecule has 26 heavy (non-hydrogen) atoms. The SMILES string of the molecule is O=C(N[C@H]1CCCN(CCCc2ccccc2)C1)c1ccc(F)cc1Cl. The number of hydrogen-bond acceptors (Lipinski definition) is 2. The molecule has 0 aromatic heterocycles. The first kappa shape index (κ1) is 18.9. The van der Waals surface area contributed by atoms with Gasteiger partial charge in [-0.15, -0.1) is 0 Å². The number of piperidine rings is 1. The maximum absolute atomic E-state index is 13.1. The van der Waals surface area contributed by atoms with E-state index < -0.39 is 5.82 Å². The van der Waals surface area contributed by atoms with E-state index in [0.717, 1.165) is 45.3 Å². The zero-order valence-corrected chi connectivity index (χ0v) is 15.5. The average Bonchev–Trinajstić information content (AvgIpc) is 2.63. The third-order valence-corrected chi connectivity index (χ3v) is 5.11. The molecule has 1 atom stereocenters. The number of rotatable bonds is 6. The molecule has 1 saturated heterocycles. The number of likely N-dealkylation sites (tertiary alicyclic amines) is 1. The molecular formula is C21H24ClFN2O. The van der Waals surface area contributed by atoms with Crippen LogP contribution in [-0.4, -0.2) is 36.5 Å². The van der Waals surface area contributed by atoms with Gasteiger partial charge >= 0.3 is 0 Å². The molecule has 1 amide bonds. The number of hydrogen-bond donors (Lipinski definition) is 1. The second-order valence-electron chi connectivity index (χ2n) is 6.83. The van der Waals surface area contributed by atoms with Gasteiger partial charge < -0.3 is 10.2 Å². The fourth-order valence-corrected chi connectivity index (χ4v) is 3.72. The predicted molar refractivity (Wildman–Crippen MR) is 103 cm³/mol. The Morgan fingerprint density at radius 2 is 2.04 bits per heavy atom. The van der Waals surface area contributed by atoms with Gasteiger partial charge in [-0.05, 0) is 62.5 Å². The van der Waals surface area contributed by atoms with Crippen molar-refractivity contribution in [1.29, 1.82) is 0 Å². The van der Waals surface area contributed by atoms with Crippen LogP contribution in [0.5, 0.6) is 0 Å². The monoisotopic (exact) mass is 374 g/mol. The second kappa shape index (κ2) is 9.15. The lowest BCUT2D eigenvalue weighted by atomic mass is 10.0. The Morgan fingerprint density at radius 1 is 1.23 bits per heavy atom. The van der Waals surface area contributed by atoms with Gasteiger partial charge in [0, 0.05) is 12.6 Å². The molecule has 3 nitrogen and oxygen atoms in total. The van der Waals surface area contributed by atoms with Crippen LogP contribution in [0.25, 0.3) is 0 Å². The molecule has 1 aliphatic rings. The smallest absolute Gasteiger partial charge is 0.253 e. The molecule has 0 unspecified atom stereocenters. The van der Waals surface area contributed by atoms with Crippen LogP contribution in [0.4, 0.5) is 4.39 Å². The number of benzene rings is 2. The minimum Gasteiger partial charge on any atom is -0.348 e. The Bertz CT molecular complexity index is 738. The van der Waals surface area contributed by atoms with E-state index in [0.29, 0.717) is 5.56 Å². The molecule has 1 heterocycles. The summed E-state index contributed by atoms with van der Waals surface area (Å²) in [5.74, 6) is -0.667. The molecule has 0 aliphatic carbocycles. The highest BCUT2D eigenvalue weighted by Gasteiger charge is 2.22. The summed E-state index contributed by atoms with van der Waals surface area (Å²) in [6, 6.07) is 14.5. The van der Waals surface area contributed by atoms with Crippen LogP contribution in [0.15, 0.2) is 48.5 Å². The van der Waals surface area contributed by atoms with Gasteiger partial charge in [0.1, 0.15) is 5.82 Å². The van der Waals surface area contributed by atoms with Crippen molar-refractivity contribution in [3.8, 4) is 0 Å². The van der Waals surface area contributed by atoms with Crippen molar-refractivity contribution in [2.75, 3.05) is 19.6 Å². The number of nitrogens with zero attached hydrogens (tertiary/aromatic N) is 1. The first-order chi connectivity index (χ1) is 12.6. The summed E-state index contributed by atoms with van der Waals surface area (Å²) in [6.45, 7) is 2.94. The quantitative estimate of drug-likeness (QED) is 0.817. The Labute approximate surface area is 159 Å². The van der Waals surface area contributed by atoms with Crippen LogP contribution in [0.2, 0.25) is 5.02 Å². The number of carbonyl (C=O) groups excluding carboxylic acids is 1. The highest BCUT2D eigenvalue weighted by atomic mass is 35.5. The molecule has 2 aromatic rings. The van der Waals surface area contributed by atoms with Crippen molar-refractivity contribution in [1.82, 2.24) is 10.2 Å². The van der Waals surface area contributed by atoms with E-state index >= 15 is 0 Å². The minimum absolute atomic E-state index is 0.106. The molecule has 3 rings (SSSR count). The summed E-state index contributed by atoms with van der Waals surface area (Å²) in [5, 5.41) is 3.20. The van der Waals surface area contributed by atoms with Crippen molar-refractivity contribution in [2.45, 2.75) is 31.7 Å². The standard InChI is InChI=1S/C21H24ClFN2O/c22-20-14-17(23)10-11-19(20)21(26)24-18-9-5-13-25(15-18)12-4-8-16-6-2-1-3-7-16/h1-3,6-7,10-11,14,18H,4-5,8-9,12-13,15H2,(H,24,26)/t18-/m0/s1. The molecule has 0 radical (unpaired) electrons. The highest BCUT2D eigenvalue weighted by Crippen LogP contribution is 2.18. The van der Waals surface area contributed by atoms with Crippen molar-refractivity contribution in [3.05, 3.63) is 70.5 Å². The molecule has 0 spiro atoms. The maximum Gasteiger partial charge on any atom is 0.253 e. The van der Waals surface area contributed by atoms with Gasteiger partial charge in [-0.3, -0.25) is 4.79 Å². The summed E-state index contributed by atoms with van der Waals surface area (Å²) < 4.78 is 13.1. The molecule has 5 heteroatoms. The molecule has 1 fully saturated rings. The molecule has 1 N–H and O–H groups in total. The fourth-order valence-electron chi connectivity index (χ4n) is 3.46. The van der Waals surface area contributed by atoms with Gasteiger partial charge in [0.2, 0.25) is 0 Å². The number of carbonyl (C=O) groups is 1. The minimum atomic E-state index is -0.436. The average molecular weight is 375 g/mol. The van der Waals surface area contributed by atoms with E-state index in [-0.39, 0.29) is 17.0 Å². The van der Waals surface area contributed by atoms with Gasteiger partial charge in [0.25, 0.3) is 5.91 Å². The lowest BCUT2D eigenvalue weighted by Crippen LogP contribution is -2.48. The number of halogens is 2. The van der Waals surface area contributed by atoms with E-state index in [1.165, 1.54) is 23.8 Å². The molecule has 0 bridgehead atoms. The van der Waals surface area contributed by atoms with E-state index in [2.05, 4.69) is 34.5 Å². The third-order valence-electron chi connectivity index (χ3n) is 4.80. The number of amides is 1. The summed E-state index contributed by atoms with van der Waals surface area (Å²) >= 11 is 5.99. The Morgan fingerprint density at radius 3 is 2.81 bits per heavy atom. The third kappa shape index (κ3) is 5.29. The van der Waals surface area contributed by atoms with Crippen LogP contribution in [0, 0.1) is 5.82 Å². The second-order valence-corrected chi connectivity index (χ2v) is 7.23. The van der Waals surface area contributed by atoms with Gasteiger partial charge in [-0.25, -0.2) is 4.39 Å². The molecule has 0 saturated carbocycles. The number of nitrogens with one attached hydrogen (secondary N) is 1. The zero-order chi connectivity index (χ0) is 18.4. The predicted octanol–water partition coefficient (Wildman–Crippen LogP) is 4.31. The van der Waals surface area contributed by atoms with E-state index in [9.17, 15) is 9.18 Å². The zero-order valence-electron chi connectivity index (χ0n) is 14.8. The lowest BCUT2D eigenvalue weighted by Gasteiger charge is -2.33. The number of aryl methyl sites for hydroxylation is 1. The van der Waals surface area contributed by atoms with E-state index in [1.54, 1.807) is 0 Å². The van der Waals surface area contributed by atoms with Crippen LogP contribution >= 0.6 is 11.6 Å². The summed E-state index contributed by atoms with van der Waals surface area (Å²) in [6.07, 6.45) is 4.20. The largest absolute Gasteiger partial charge is 0.348 e. The highest BCUT2D eigenvalue weighted by molar-refractivity contribution is 6.33. The van der Waals surface area contributed by atoms with Gasteiger partial charge in [-0.1, -0.05) is 41.9 Å². The molecule has 2 aromatic carbocycles. The first-order valence-corrected chi connectivity index (χ1v) is 9.52. The Hall–Kier alpha value is -1.91. The van der Waals surface area contributed by atoms with Gasteiger partial charge in [-0.2, -0.15) is 0 Å². The van der Waals surface area contributed by atoms with Crippen molar-refractivity contribution < 1.29 is 9.18 Å². The Balaban J connectivity index is 1.48. The van der Waals surface area contributed by atoms with Gasteiger partial charge in [0.15, 0.2) is 0 Å². The van der Waals surface area contributed by atoms with Crippen LogP contribution in [0.3, 0.4) is 0 Å². The van der Waals surface area contributed by atoms with E-state index in [1.807, 2.05) is 6.07 Å². The first-order valence-electron chi connectivity index (χ1n) is 9.14. The van der Waals surface area contributed by atoms with Crippen LogP contribution in [0.1, 0.15) is 35.2 Å². The van der Waals surface area contributed by atoms with Crippen LogP contribution in [-0.2, 0) is 6.42 Å². The molecular weight excluding hydrogens is 351 g/mol.